The molecule has 0 N–H and O–H groups in total. The quantitative estimate of drug-likeness (QED) is 0.312. The summed E-state index contributed by atoms with van der Waals surface area (Å²) in [5, 5.41) is 10.2. The molecule has 0 aliphatic rings. The van der Waals surface area contributed by atoms with E-state index in [2.05, 4.69) is 46.1 Å². The predicted octanol–water partition coefficient (Wildman–Crippen LogP) is 7.06. The number of hydrogen-bond acceptors (Lipinski definition) is 4. The van der Waals surface area contributed by atoms with Crippen molar-refractivity contribution in [3.8, 4) is 22.8 Å². The van der Waals surface area contributed by atoms with Crippen LogP contribution in [0.1, 0.15) is 13.8 Å². The molecule has 1 aromatic heterocycles. The highest BCUT2D eigenvalue weighted by Crippen LogP contribution is 2.40. The van der Waals surface area contributed by atoms with Crippen LogP contribution in [0, 0.1) is 0 Å². The fourth-order valence-corrected chi connectivity index (χ4v) is 3.56. The second-order valence-corrected chi connectivity index (χ2v) is 6.86. The van der Waals surface area contributed by atoms with Crippen LogP contribution < -0.4 is 9.47 Å². The van der Waals surface area contributed by atoms with Crippen molar-refractivity contribution < 1.29 is 9.47 Å². The van der Waals surface area contributed by atoms with Crippen LogP contribution in [-0.4, -0.2) is 17.8 Å². The van der Waals surface area contributed by atoms with Crippen molar-refractivity contribution >= 4 is 22.3 Å². The summed E-state index contributed by atoms with van der Waals surface area (Å²) in [7, 11) is 2.06. The third-order valence-electron chi connectivity index (χ3n) is 4.93. The number of rotatable bonds is 7. The first kappa shape index (κ1) is 19.7. The second-order valence-electron chi connectivity index (χ2n) is 6.86. The van der Waals surface area contributed by atoms with E-state index in [0.29, 0.717) is 13.2 Å². The lowest BCUT2D eigenvalue weighted by atomic mass is 10.1. The lowest BCUT2D eigenvalue weighted by Gasteiger charge is -2.08. The van der Waals surface area contributed by atoms with E-state index in [-0.39, 0.29) is 0 Å². The summed E-state index contributed by atoms with van der Waals surface area (Å²) in [5.74, 6) is 1.69. The summed E-state index contributed by atoms with van der Waals surface area (Å²) in [6, 6.07) is 24.0. The van der Waals surface area contributed by atoms with Gasteiger partial charge in [-0.25, -0.2) is 0 Å². The molecule has 0 saturated heterocycles. The van der Waals surface area contributed by atoms with Crippen molar-refractivity contribution in [1.29, 1.82) is 0 Å². The number of aryl methyl sites for hydroxylation is 1. The van der Waals surface area contributed by atoms with Gasteiger partial charge in [-0.1, -0.05) is 18.2 Å². The van der Waals surface area contributed by atoms with E-state index >= 15 is 0 Å². The number of hydrogen-bond donors (Lipinski definition) is 0. The molecule has 5 heteroatoms. The molecule has 0 aliphatic heterocycles. The molecule has 152 valence electrons. The van der Waals surface area contributed by atoms with Crippen LogP contribution in [-0.2, 0) is 7.05 Å². The van der Waals surface area contributed by atoms with Gasteiger partial charge in [-0.05, 0) is 68.4 Å². The smallest absolute Gasteiger partial charge is 0.119 e. The molecule has 5 nitrogen and oxygen atoms in total. The van der Waals surface area contributed by atoms with Crippen LogP contribution in [0.25, 0.3) is 22.2 Å². The molecule has 30 heavy (non-hydrogen) atoms. The van der Waals surface area contributed by atoms with Gasteiger partial charge in [0.05, 0.1) is 30.1 Å². The van der Waals surface area contributed by atoms with E-state index in [1.807, 2.05) is 62.4 Å². The molecule has 4 aromatic rings. The standard InChI is InChI=1S/C25H25N3O2/c1-4-29-20-14-10-18(11-15-20)25-24(22-8-6-7-9-23(22)28(25)3)27-26-19-12-16-21(17-13-19)30-5-2/h6-17H,4-5H2,1-3H3. The number of para-hydroxylation sites is 1. The summed E-state index contributed by atoms with van der Waals surface area (Å²) in [4.78, 5) is 0. The molecule has 4 rings (SSSR count). The molecular weight excluding hydrogens is 374 g/mol. The molecule has 0 fully saturated rings. The molecule has 0 aliphatic carbocycles. The van der Waals surface area contributed by atoms with Gasteiger partial charge in [0.1, 0.15) is 17.2 Å². The zero-order valence-electron chi connectivity index (χ0n) is 17.5. The highest BCUT2D eigenvalue weighted by molar-refractivity contribution is 6.00. The summed E-state index contributed by atoms with van der Waals surface area (Å²) in [6.07, 6.45) is 0. The van der Waals surface area contributed by atoms with Crippen molar-refractivity contribution in [3.63, 3.8) is 0 Å². The Labute approximate surface area is 176 Å². The van der Waals surface area contributed by atoms with E-state index in [9.17, 15) is 0 Å². The van der Waals surface area contributed by atoms with Gasteiger partial charge < -0.3 is 14.0 Å². The SMILES string of the molecule is CCOc1ccc(N=Nc2c(-c3ccc(OCC)cc3)n(C)c3ccccc23)cc1. The molecule has 0 saturated carbocycles. The van der Waals surface area contributed by atoms with Gasteiger partial charge >= 0.3 is 0 Å². The Morgan fingerprint density at radius 3 is 1.97 bits per heavy atom. The first-order chi connectivity index (χ1) is 14.7. The molecule has 0 radical (unpaired) electrons. The maximum absolute atomic E-state index is 5.59. The zero-order valence-corrected chi connectivity index (χ0v) is 17.5. The Bertz CT molecular complexity index is 1160. The van der Waals surface area contributed by atoms with E-state index in [1.54, 1.807) is 0 Å². The largest absolute Gasteiger partial charge is 0.494 e. The lowest BCUT2D eigenvalue weighted by molar-refractivity contribution is 0.340. The first-order valence-corrected chi connectivity index (χ1v) is 10.2. The number of aromatic nitrogens is 1. The third kappa shape index (κ3) is 3.92. The van der Waals surface area contributed by atoms with Gasteiger partial charge in [-0.15, -0.1) is 5.11 Å². The summed E-state index contributed by atoms with van der Waals surface area (Å²) >= 11 is 0. The van der Waals surface area contributed by atoms with Crippen LogP contribution in [0.2, 0.25) is 0 Å². The van der Waals surface area contributed by atoms with Crippen molar-refractivity contribution in [2.24, 2.45) is 17.3 Å². The van der Waals surface area contributed by atoms with Gasteiger partial charge in [0, 0.05) is 18.0 Å². The highest BCUT2D eigenvalue weighted by atomic mass is 16.5. The topological polar surface area (TPSA) is 48.1 Å². The van der Waals surface area contributed by atoms with E-state index < -0.39 is 0 Å². The maximum Gasteiger partial charge on any atom is 0.119 e. The Balaban J connectivity index is 1.77. The average molecular weight is 399 g/mol. The molecule has 0 bridgehead atoms. The van der Waals surface area contributed by atoms with Crippen LogP contribution in [0.5, 0.6) is 11.5 Å². The summed E-state index contributed by atoms with van der Waals surface area (Å²) < 4.78 is 13.3. The van der Waals surface area contributed by atoms with Crippen LogP contribution in [0.4, 0.5) is 11.4 Å². The van der Waals surface area contributed by atoms with Gasteiger partial charge in [0.15, 0.2) is 0 Å². The molecule has 0 amide bonds. The van der Waals surface area contributed by atoms with Crippen molar-refractivity contribution in [3.05, 3.63) is 72.8 Å². The van der Waals surface area contributed by atoms with Gasteiger partial charge in [-0.3, -0.25) is 0 Å². The third-order valence-corrected chi connectivity index (χ3v) is 4.93. The monoisotopic (exact) mass is 399 g/mol. The zero-order chi connectivity index (χ0) is 20.9. The number of nitrogens with zero attached hydrogens (tertiary/aromatic N) is 3. The van der Waals surface area contributed by atoms with Crippen LogP contribution in [0.3, 0.4) is 0 Å². The Morgan fingerprint density at radius 1 is 0.733 bits per heavy atom. The van der Waals surface area contributed by atoms with Gasteiger partial charge in [0.25, 0.3) is 0 Å². The minimum Gasteiger partial charge on any atom is -0.494 e. The highest BCUT2D eigenvalue weighted by Gasteiger charge is 2.16. The van der Waals surface area contributed by atoms with Gasteiger partial charge in [0.2, 0.25) is 0 Å². The molecular formula is C25H25N3O2. The molecule has 0 spiro atoms. The normalized spacial score (nSPS) is 11.3. The molecule has 0 unspecified atom stereocenters. The van der Waals surface area contributed by atoms with Gasteiger partial charge in [-0.2, -0.15) is 5.11 Å². The fraction of sp³-hybridized carbons (Fsp3) is 0.200. The maximum atomic E-state index is 5.59. The average Bonchev–Trinajstić information content (AvgIpc) is 3.06. The minimum atomic E-state index is 0.641. The number of azo groups is 1. The summed E-state index contributed by atoms with van der Waals surface area (Å²) in [6.45, 7) is 5.24. The lowest BCUT2D eigenvalue weighted by Crippen LogP contribution is -1.93. The Morgan fingerprint density at radius 2 is 1.33 bits per heavy atom. The number of benzene rings is 3. The number of ether oxygens (including phenoxy) is 2. The number of fused-ring (bicyclic) bond motifs is 1. The minimum absolute atomic E-state index is 0.641. The van der Waals surface area contributed by atoms with E-state index in [4.69, 9.17) is 9.47 Å². The van der Waals surface area contributed by atoms with Crippen molar-refractivity contribution in [2.75, 3.05) is 13.2 Å². The van der Waals surface area contributed by atoms with Crippen LogP contribution in [0.15, 0.2) is 83.0 Å². The predicted molar refractivity (Wildman–Crippen MR) is 121 cm³/mol. The van der Waals surface area contributed by atoms with E-state index in [1.165, 1.54) is 0 Å². The Kier molecular flexibility index (Phi) is 5.80. The second kappa shape index (κ2) is 8.82. The fourth-order valence-electron chi connectivity index (χ4n) is 3.56. The van der Waals surface area contributed by atoms with E-state index in [0.717, 1.165) is 45.0 Å². The first-order valence-electron chi connectivity index (χ1n) is 10.2. The molecule has 1 heterocycles. The molecule has 0 atom stereocenters. The molecule has 3 aromatic carbocycles. The van der Waals surface area contributed by atoms with Crippen LogP contribution >= 0.6 is 0 Å². The van der Waals surface area contributed by atoms with Crippen molar-refractivity contribution in [2.45, 2.75) is 13.8 Å². The Hall–Kier alpha value is -3.60. The van der Waals surface area contributed by atoms with Crippen molar-refractivity contribution in [1.82, 2.24) is 4.57 Å². The summed E-state index contributed by atoms with van der Waals surface area (Å²) in [5.41, 5.74) is 4.84.